The molecule has 38 heavy (non-hydrogen) atoms. The number of allylic oxidation sites excluding steroid dienone is 1. The van der Waals surface area contributed by atoms with Crippen LogP contribution in [0.3, 0.4) is 0 Å². The molecule has 0 aromatic heterocycles. The number of unbranched alkanes of at least 4 members (excludes halogenated alkanes) is 7. The average Bonchev–Trinajstić information content (AvgIpc) is 2.96. The summed E-state index contributed by atoms with van der Waals surface area (Å²) in [5.74, 6) is 1.17. The molecule has 6 heteroatoms. The maximum atomic E-state index is 13.0. The first-order valence-corrected chi connectivity index (χ1v) is 14.2. The lowest BCUT2D eigenvalue weighted by molar-refractivity contribution is 0.0954. The van der Waals surface area contributed by atoms with E-state index in [2.05, 4.69) is 35.7 Å². The lowest BCUT2D eigenvalue weighted by atomic mass is 9.91. The highest BCUT2D eigenvalue weighted by molar-refractivity contribution is 6.05. The quantitative estimate of drug-likeness (QED) is 0.191. The Balaban J connectivity index is 1.61. The second-order valence-electron chi connectivity index (χ2n) is 9.82. The molecule has 1 N–H and O–H groups in total. The van der Waals surface area contributed by atoms with Crippen molar-refractivity contribution in [3.63, 3.8) is 0 Å². The van der Waals surface area contributed by atoms with Gasteiger partial charge in [-0.3, -0.25) is 4.79 Å². The minimum Gasteiger partial charge on any atom is -0.493 e. The van der Waals surface area contributed by atoms with Crippen molar-refractivity contribution in [3.05, 3.63) is 59.2 Å². The number of methoxy groups -OCH3 is 2. The van der Waals surface area contributed by atoms with E-state index in [1.54, 1.807) is 26.4 Å². The molecule has 206 valence electrons. The molecule has 0 aliphatic heterocycles. The van der Waals surface area contributed by atoms with Gasteiger partial charge in [-0.15, -0.1) is 0 Å². The summed E-state index contributed by atoms with van der Waals surface area (Å²) in [5, 5.41) is 4.51. The zero-order chi connectivity index (χ0) is 27.0. The summed E-state index contributed by atoms with van der Waals surface area (Å²) in [6, 6.07) is 13.6. The number of rotatable bonds is 15. The van der Waals surface area contributed by atoms with E-state index in [1.807, 2.05) is 18.2 Å². The van der Waals surface area contributed by atoms with Gasteiger partial charge >= 0.3 is 0 Å². The van der Waals surface area contributed by atoms with Crippen molar-refractivity contribution in [2.75, 3.05) is 20.8 Å². The number of hydrazone groups is 1. The summed E-state index contributed by atoms with van der Waals surface area (Å²) < 4.78 is 17.2. The van der Waals surface area contributed by atoms with Gasteiger partial charge in [0, 0.05) is 5.56 Å². The molecule has 1 saturated carbocycles. The van der Waals surface area contributed by atoms with Crippen molar-refractivity contribution in [2.24, 2.45) is 5.10 Å². The van der Waals surface area contributed by atoms with E-state index in [0.29, 0.717) is 29.4 Å². The highest BCUT2D eigenvalue weighted by Crippen LogP contribution is 2.38. The number of nitrogens with zero attached hydrogens (tertiary/aromatic N) is 1. The summed E-state index contributed by atoms with van der Waals surface area (Å²) in [5.41, 5.74) is 6.39. The maximum absolute atomic E-state index is 13.0. The molecular weight excluding hydrogens is 476 g/mol. The number of carbonyl (C=O) groups excluding carboxylic acids is 1. The summed E-state index contributed by atoms with van der Waals surface area (Å²) >= 11 is 0. The van der Waals surface area contributed by atoms with Gasteiger partial charge in [0.15, 0.2) is 11.5 Å². The molecular formula is C32H44N2O4. The number of hydrogen-bond acceptors (Lipinski definition) is 5. The Morgan fingerprint density at radius 3 is 2.18 bits per heavy atom. The topological polar surface area (TPSA) is 69.2 Å². The highest BCUT2D eigenvalue weighted by Gasteiger charge is 2.19. The van der Waals surface area contributed by atoms with E-state index in [0.717, 1.165) is 49.8 Å². The smallest absolute Gasteiger partial charge is 0.271 e. The van der Waals surface area contributed by atoms with Crippen LogP contribution in [0.1, 0.15) is 99.9 Å². The van der Waals surface area contributed by atoms with E-state index in [-0.39, 0.29) is 5.91 Å². The SMILES string of the molecule is CCCCCCCCCCOc1c(OC)cc(C(=O)N/N=C2\CCCC\C2=C/c2ccccc2)cc1OC. The van der Waals surface area contributed by atoms with Crippen LogP contribution in [0.4, 0.5) is 0 Å². The van der Waals surface area contributed by atoms with Gasteiger partial charge in [0.1, 0.15) is 0 Å². The number of nitrogens with one attached hydrogen (secondary N) is 1. The normalized spacial score (nSPS) is 15.4. The molecule has 0 spiro atoms. The minimum atomic E-state index is -0.312. The van der Waals surface area contributed by atoms with E-state index in [9.17, 15) is 4.79 Å². The van der Waals surface area contributed by atoms with Crippen LogP contribution >= 0.6 is 0 Å². The molecule has 0 unspecified atom stereocenters. The number of ether oxygens (including phenoxy) is 3. The van der Waals surface area contributed by atoms with Crippen molar-refractivity contribution in [1.82, 2.24) is 5.43 Å². The Morgan fingerprint density at radius 1 is 0.895 bits per heavy atom. The first-order chi connectivity index (χ1) is 18.7. The lowest BCUT2D eigenvalue weighted by Gasteiger charge is -2.18. The Kier molecular flexibility index (Phi) is 12.7. The number of benzene rings is 2. The summed E-state index contributed by atoms with van der Waals surface area (Å²) in [4.78, 5) is 13.0. The van der Waals surface area contributed by atoms with Crippen molar-refractivity contribution in [1.29, 1.82) is 0 Å². The summed E-state index contributed by atoms with van der Waals surface area (Å²) in [7, 11) is 3.14. The van der Waals surface area contributed by atoms with Crippen LogP contribution in [0.15, 0.2) is 53.1 Å². The Hall–Kier alpha value is -3.28. The third-order valence-electron chi connectivity index (χ3n) is 6.88. The van der Waals surface area contributed by atoms with E-state index in [4.69, 9.17) is 14.2 Å². The molecule has 0 radical (unpaired) electrons. The number of carbonyl (C=O) groups is 1. The van der Waals surface area contributed by atoms with Gasteiger partial charge in [0.25, 0.3) is 5.91 Å². The van der Waals surface area contributed by atoms with E-state index < -0.39 is 0 Å². The molecule has 0 saturated heterocycles. The van der Waals surface area contributed by atoms with Crippen LogP contribution in [0.2, 0.25) is 0 Å². The predicted octanol–water partition coefficient (Wildman–Crippen LogP) is 7.97. The van der Waals surface area contributed by atoms with Gasteiger partial charge < -0.3 is 14.2 Å². The van der Waals surface area contributed by atoms with Gasteiger partial charge in [-0.25, -0.2) is 5.43 Å². The fourth-order valence-electron chi connectivity index (χ4n) is 4.69. The zero-order valence-electron chi connectivity index (χ0n) is 23.4. The molecule has 1 amide bonds. The third kappa shape index (κ3) is 9.23. The van der Waals surface area contributed by atoms with Crippen molar-refractivity contribution < 1.29 is 19.0 Å². The molecule has 1 aliphatic carbocycles. The molecule has 2 aromatic carbocycles. The van der Waals surface area contributed by atoms with Crippen molar-refractivity contribution in [2.45, 2.75) is 84.0 Å². The van der Waals surface area contributed by atoms with Crippen LogP contribution in [-0.2, 0) is 0 Å². The average molecular weight is 521 g/mol. The number of hydrogen-bond donors (Lipinski definition) is 1. The number of amides is 1. The molecule has 1 fully saturated rings. The van der Waals surface area contributed by atoms with Crippen molar-refractivity contribution >= 4 is 17.7 Å². The van der Waals surface area contributed by atoms with E-state index in [1.165, 1.54) is 44.1 Å². The van der Waals surface area contributed by atoms with Crippen LogP contribution < -0.4 is 19.6 Å². The molecule has 0 atom stereocenters. The van der Waals surface area contributed by atoms with Gasteiger partial charge in [-0.05, 0) is 61.4 Å². The molecule has 0 heterocycles. The van der Waals surface area contributed by atoms with E-state index >= 15 is 0 Å². The van der Waals surface area contributed by atoms with Crippen LogP contribution in [0, 0.1) is 0 Å². The molecule has 3 rings (SSSR count). The molecule has 2 aromatic rings. The third-order valence-corrected chi connectivity index (χ3v) is 6.88. The maximum Gasteiger partial charge on any atom is 0.271 e. The predicted molar refractivity (Wildman–Crippen MR) is 155 cm³/mol. The fourth-order valence-corrected chi connectivity index (χ4v) is 4.69. The standard InChI is InChI=1S/C32H44N2O4/c1-4-5-6-7-8-9-10-16-21-38-31-29(36-2)23-27(24-30(31)37-3)32(35)34-33-28-20-15-14-19-26(28)22-25-17-12-11-13-18-25/h11-13,17-18,22-24H,4-10,14-16,19-21H2,1-3H3,(H,34,35)/b26-22+,33-28+. The summed E-state index contributed by atoms with van der Waals surface area (Å²) in [6.07, 6.45) is 16.0. The largest absolute Gasteiger partial charge is 0.493 e. The Bertz CT molecular complexity index is 1040. The van der Waals surface area contributed by atoms with Gasteiger partial charge in [-0.1, -0.05) is 82.2 Å². The second kappa shape index (κ2) is 16.5. The second-order valence-corrected chi connectivity index (χ2v) is 9.82. The first kappa shape index (κ1) is 29.3. The van der Waals surface area contributed by atoms with Gasteiger partial charge in [0.05, 0.1) is 26.5 Å². The fraction of sp³-hybridized carbons (Fsp3) is 0.500. The molecule has 1 aliphatic rings. The van der Waals surface area contributed by atoms with Gasteiger partial charge in [-0.2, -0.15) is 5.10 Å². The van der Waals surface area contributed by atoms with Crippen LogP contribution in [-0.4, -0.2) is 32.4 Å². The monoisotopic (exact) mass is 520 g/mol. The summed E-state index contributed by atoms with van der Waals surface area (Å²) in [6.45, 7) is 2.82. The van der Waals surface area contributed by atoms with Crippen LogP contribution in [0.25, 0.3) is 6.08 Å². The highest BCUT2D eigenvalue weighted by atomic mass is 16.5. The lowest BCUT2D eigenvalue weighted by Crippen LogP contribution is -2.22. The van der Waals surface area contributed by atoms with Crippen molar-refractivity contribution in [3.8, 4) is 17.2 Å². The van der Waals surface area contributed by atoms with Gasteiger partial charge in [0.2, 0.25) is 5.75 Å². The first-order valence-electron chi connectivity index (χ1n) is 14.2. The molecule has 6 nitrogen and oxygen atoms in total. The zero-order valence-corrected chi connectivity index (χ0v) is 23.4. The minimum absolute atomic E-state index is 0.312. The Morgan fingerprint density at radius 2 is 1.53 bits per heavy atom. The Labute approximate surface area is 228 Å². The molecule has 0 bridgehead atoms. The van der Waals surface area contributed by atoms with Crippen LogP contribution in [0.5, 0.6) is 17.2 Å².